The molecule has 0 bridgehead atoms. The molecule has 1 aromatic rings. The van der Waals surface area contributed by atoms with Crippen LogP contribution in [0.5, 0.6) is 5.75 Å². The van der Waals surface area contributed by atoms with Gasteiger partial charge in [0.05, 0.1) is 0 Å². The predicted molar refractivity (Wildman–Crippen MR) is 62.4 cm³/mol. The summed E-state index contributed by atoms with van der Waals surface area (Å²) >= 11 is 1.22. The molecule has 0 aromatic heterocycles. The SMILES string of the molecule is Cc1[c]c[c]([Sn]([CH3])([CH3])[CH3])c(O)c1Br. The van der Waals surface area contributed by atoms with Crippen LogP contribution in [0.25, 0.3) is 0 Å². The normalized spacial score (nSPS) is 11.8. The third-order valence-electron chi connectivity index (χ3n) is 2.03. The molecule has 1 rings (SSSR count). The number of halogens is 1. The van der Waals surface area contributed by atoms with Crippen molar-refractivity contribution in [2.45, 2.75) is 21.7 Å². The summed E-state index contributed by atoms with van der Waals surface area (Å²) in [5.41, 5.74) is 0.969. The third-order valence-corrected chi connectivity index (χ3v) is 8.70. The first-order valence-corrected chi connectivity index (χ1v) is 15.0. The van der Waals surface area contributed by atoms with Crippen LogP contribution in [0.3, 0.4) is 0 Å². The molecule has 3 heteroatoms. The van der Waals surface area contributed by atoms with Crippen molar-refractivity contribution in [3.8, 4) is 5.75 Å². The molecule has 0 spiro atoms. The van der Waals surface area contributed by atoms with Crippen molar-refractivity contribution >= 4 is 37.9 Å². The van der Waals surface area contributed by atoms with Crippen LogP contribution in [0.15, 0.2) is 10.5 Å². The van der Waals surface area contributed by atoms with Gasteiger partial charge in [0.15, 0.2) is 0 Å². The summed E-state index contributed by atoms with van der Waals surface area (Å²) in [4.78, 5) is 6.83. The van der Waals surface area contributed by atoms with Crippen LogP contribution in [-0.4, -0.2) is 23.5 Å². The van der Waals surface area contributed by atoms with Crippen molar-refractivity contribution in [1.82, 2.24) is 0 Å². The van der Waals surface area contributed by atoms with E-state index in [1.807, 2.05) is 13.0 Å². The van der Waals surface area contributed by atoms with Crippen LogP contribution < -0.4 is 3.58 Å². The summed E-state index contributed by atoms with van der Waals surface area (Å²) in [6.45, 7) is 1.94. The molecular formula is C10H14BrOSn. The van der Waals surface area contributed by atoms with E-state index < -0.39 is 18.4 Å². The molecule has 1 aromatic carbocycles. The maximum absolute atomic E-state index is 9.90. The van der Waals surface area contributed by atoms with Gasteiger partial charge >= 0.3 is 92.7 Å². The zero-order valence-corrected chi connectivity index (χ0v) is 12.8. The second kappa shape index (κ2) is 3.81. The number of aryl methyl sites for hydroxylation is 1. The van der Waals surface area contributed by atoms with Crippen LogP contribution in [0.1, 0.15) is 5.56 Å². The Kier molecular flexibility index (Phi) is 3.33. The van der Waals surface area contributed by atoms with Gasteiger partial charge in [-0.25, -0.2) is 0 Å². The van der Waals surface area contributed by atoms with E-state index in [0.717, 1.165) is 13.6 Å². The molecule has 1 nitrogen and oxygen atoms in total. The summed E-state index contributed by atoms with van der Waals surface area (Å²) in [5.74, 6) is 0.430. The van der Waals surface area contributed by atoms with E-state index in [2.05, 4.69) is 36.8 Å². The Morgan fingerprint density at radius 2 is 1.92 bits per heavy atom. The summed E-state index contributed by atoms with van der Waals surface area (Å²) in [6.07, 6.45) is 0. The van der Waals surface area contributed by atoms with Gasteiger partial charge in [-0.15, -0.1) is 0 Å². The molecule has 0 unspecified atom stereocenters. The van der Waals surface area contributed by atoms with Gasteiger partial charge in [0.25, 0.3) is 0 Å². The zero-order valence-electron chi connectivity index (χ0n) is 8.40. The van der Waals surface area contributed by atoms with Crippen LogP contribution in [0.2, 0.25) is 14.8 Å². The number of rotatable bonds is 1. The first-order valence-electron chi connectivity index (χ1n) is 4.24. The molecule has 0 aliphatic carbocycles. The molecule has 0 heterocycles. The van der Waals surface area contributed by atoms with E-state index in [1.165, 1.54) is 0 Å². The number of hydrogen-bond acceptors (Lipinski definition) is 1. The Balaban J connectivity index is 3.35. The van der Waals surface area contributed by atoms with Crippen LogP contribution in [0.4, 0.5) is 0 Å². The van der Waals surface area contributed by atoms with Gasteiger partial charge in [0.2, 0.25) is 0 Å². The zero-order chi connectivity index (χ0) is 10.2. The second-order valence-corrected chi connectivity index (χ2v) is 19.4. The molecule has 1 radical (unpaired) electrons. The number of aromatic hydroxyl groups is 1. The molecular weight excluding hydrogens is 335 g/mol. The number of benzene rings is 1. The summed E-state index contributed by atoms with van der Waals surface area (Å²) in [7, 11) is 0. The third kappa shape index (κ3) is 2.40. The van der Waals surface area contributed by atoms with E-state index in [9.17, 15) is 5.11 Å². The fourth-order valence-electron chi connectivity index (χ4n) is 1.18. The Morgan fingerprint density at radius 3 is 2.38 bits per heavy atom. The minimum atomic E-state index is -2.16. The molecule has 1 N–H and O–H groups in total. The molecule has 0 saturated heterocycles. The Labute approximate surface area is 92.2 Å². The molecule has 0 aliphatic heterocycles. The van der Waals surface area contributed by atoms with Crippen molar-refractivity contribution in [2.75, 3.05) is 0 Å². The minimum absolute atomic E-state index is 0.430. The van der Waals surface area contributed by atoms with E-state index in [4.69, 9.17) is 0 Å². The van der Waals surface area contributed by atoms with Crippen LogP contribution >= 0.6 is 15.9 Å². The molecule has 0 atom stereocenters. The van der Waals surface area contributed by atoms with E-state index in [1.54, 1.807) is 0 Å². The van der Waals surface area contributed by atoms with Gasteiger partial charge in [-0.3, -0.25) is 0 Å². The molecule has 13 heavy (non-hydrogen) atoms. The Morgan fingerprint density at radius 1 is 1.38 bits per heavy atom. The molecule has 0 saturated carbocycles. The number of phenols is 1. The molecule has 71 valence electrons. The van der Waals surface area contributed by atoms with Crippen LogP contribution in [0, 0.1) is 13.0 Å². The van der Waals surface area contributed by atoms with Gasteiger partial charge in [-0.1, -0.05) is 0 Å². The molecule has 0 aliphatic rings. The van der Waals surface area contributed by atoms with E-state index in [0.29, 0.717) is 5.75 Å². The Bertz CT molecular complexity index is 328. The van der Waals surface area contributed by atoms with Crippen molar-refractivity contribution in [1.29, 1.82) is 0 Å². The van der Waals surface area contributed by atoms with E-state index >= 15 is 0 Å². The van der Waals surface area contributed by atoms with Crippen molar-refractivity contribution in [3.63, 3.8) is 0 Å². The van der Waals surface area contributed by atoms with Crippen molar-refractivity contribution < 1.29 is 5.11 Å². The first-order chi connectivity index (χ1) is 5.84. The van der Waals surface area contributed by atoms with Crippen molar-refractivity contribution in [3.05, 3.63) is 22.2 Å². The summed E-state index contributed by atoms with van der Waals surface area (Å²) < 4.78 is 1.93. The molecule has 0 amide bonds. The summed E-state index contributed by atoms with van der Waals surface area (Å²) in [6, 6.07) is 5.11. The second-order valence-electron chi connectivity index (χ2n) is 4.24. The summed E-state index contributed by atoms with van der Waals surface area (Å²) in [5, 5.41) is 9.90. The predicted octanol–water partition coefficient (Wildman–Crippen LogP) is 2.81. The van der Waals surface area contributed by atoms with E-state index in [-0.39, 0.29) is 0 Å². The molecule has 0 fully saturated rings. The maximum atomic E-state index is 9.90. The topological polar surface area (TPSA) is 20.2 Å². The van der Waals surface area contributed by atoms with Gasteiger partial charge in [0, 0.05) is 0 Å². The standard InChI is InChI=1S/C7H5BrO.3CH3.Sn/c1-5-3-2-4-6(9)7(5)8;;;;/h2,9H,1H3;3*1H3;. The van der Waals surface area contributed by atoms with Crippen molar-refractivity contribution in [2.24, 2.45) is 0 Å². The van der Waals surface area contributed by atoms with Gasteiger partial charge in [-0.05, 0) is 0 Å². The monoisotopic (exact) mass is 349 g/mol. The fraction of sp³-hybridized carbons (Fsp3) is 0.400. The Hall–Kier alpha value is 0.299. The van der Waals surface area contributed by atoms with Gasteiger partial charge in [-0.2, -0.15) is 0 Å². The average Bonchev–Trinajstić information content (AvgIpc) is 1.98. The fourth-order valence-corrected chi connectivity index (χ4v) is 5.86. The quantitative estimate of drug-likeness (QED) is 0.774. The number of phenolic OH excluding ortho intramolecular Hbond substituents is 1. The van der Waals surface area contributed by atoms with Gasteiger partial charge < -0.3 is 0 Å². The first kappa shape index (κ1) is 11.4. The number of hydrogen-bond donors (Lipinski definition) is 1. The average molecular weight is 349 g/mol. The van der Waals surface area contributed by atoms with Gasteiger partial charge in [0.1, 0.15) is 0 Å². The van der Waals surface area contributed by atoms with Crippen LogP contribution in [-0.2, 0) is 0 Å².